The van der Waals surface area contributed by atoms with Gasteiger partial charge in [-0.3, -0.25) is 0 Å². The molecule has 0 amide bonds. The van der Waals surface area contributed by atoms with E-state index in [1.807, 2.05) is 12.1 Å². The zero-order valence-electron chi connectivity index (χ0n) is 7.92. The molecule has 1 atom stereocenters. The van der Waals surface area contributed by atoms with Gasteiger partial charge in [0.1, 0.15) is 0 Å². The number of fused-ring (bicyclic) bond motifs is 1. The van der Waals surface area contributed by atoms with Crippen molar-refractivity contribution >= 4 is 15.9 Å². The summed E-state index contributed by atoms with van der Waals surface area (Å²) in [5.74, 6) is 1.92. The highest BCUT2D eigenvalue weighted by atomic mass is 79.9. The minimum atomic E-state index is 0.290. The van der Waals surface area contributed by atoms with Gasteiger partial charge in [-0.15, -0.1) is 0 Å². The molecule has 0 saturated carbocycles. The van der Waals surface area contributed by atoms with Crippen molar-refractivity contribution in [3.63, 3.8) is 0 Å². The van der Waals surface area contributed by atoms with E-state index in [2.05, 4.69) is 22.9 Å². The third-order valence-corrected chi connectivity index (χ3v) is 3.01. The number of benzene rings is 1. The average molecular weight is 258 g/mol. The zero-order valence-corrected chi connectivity index (χ0v) is 9.50. The average Bonchev–Trinajstić information content (AvgIpc) is 2.67. The van der Waals surface area contributed by atoms with Crippen LogP contribution in [0.2, 0.25) is 0 Å². The maximum absolute atomic E-state index is 5.63. The normalized spacial score (nSPS) is 15.6. The van der Waals surface area contributed by atoms with Crippen LogP contribution in [-0.2, 0) is 0 Å². The second-order valence-electron chi connectivity index (χ2n) is 3.34. The first kappa shape index (κ1) is 9.80. The lowest BCUT2D eigenvalue weighted by Crippen LogP contribution is -2.09. The number of hydrogen-bond donors (Lipinski definition) is 1. The monoisotopic (exact) mass is 257 g/mol. The number of nitrogens with two attached hydrogens (primary N) is 1. The molecule has 0 aliphatic carbocycles. The molecule has 76 valence electrons. The van der Waals surface area contributed by atoms with Crippen LogP contribution >= 0.6 is 15.9 Å². The summed E-state index contributed by atoms with van der Waals surface area (Å²) < 4.78 is 11.7. The van der Waals surface area contributed by atoms with E-state index >= 15 is 0 Å². The van der Waals surface area contributed by atoms with Gasteiger partial charge in [0, 0.05) is 5.56 Å². The van der Waals surface area contributed by atoms with E-state index in [0.29, 0.717) is 19.3 Å². The summed E-state index contributed by atoms with van der Waals surface area (Å²) in [5.41, 5.74) is 6.74. The van der Waals surface area contributed by atoms with E-state index in [9.17, 15) is 0 Å². The number of ether oxygens (including phenoxy) is 2. The van der Waals surface area contributed by atoms with Gasteiger partial charge in [0.2, 0.25) is 6.79 Å². The first-order valence-electron chi connectivity index (χ1n) is 4.52. The summed E-state index contributed by atoms with van der Waals surface area (Å²) in [6, 6.07) is 3.99. The Labute approximate surface area is 91.3 Å². The smallest absolute Gasteiger partial charge is 0.231 e. The molecule has 0 aromatic heterocycles. The molecule has 3 nitrogen and oxygen atoms in total. The van der Waals surface area contributed by atoms with Gasteiger partial charge in [0.25, 0.3) is 0 Å². The van der Waals surface area contributed by atoms with Gasteiger partial charge >= 0.3 is 0 Å². The molecular formula is C10H12BrNO2. The lowest BCUT2D eigenvalue weighted by molar-refractivity contribution is 0.172. The lowest BCUT2D eigenvalue weighted by Gasteiger charge is -2.12. The molecule has 1 heterocycles. The molecule has 14 heavy (non-hydrogen) atoms. The van der Waals surface area contributed by atoms with E-state index in [0.717, 1.165) is 21.5 Å². The molecule has 0 spiro atoms. The fourth-order valence-electron chi connectivity index (χ4n) is 1.50. The first-order chi connectivity index (χ1) is 6.74. The number of hydrogen-bond acceptors (Lipinski definition) is 3. The molecule has 0 radical (unpaired) electrons. The molecule has 2 N–H and O–H groups in total. The van der Waals surface area contributed by atoms with E-state index in [-0.39, 0.29) is 0 Å². The quantitative estimate of drug-likeness (QED) is 0.884. The van der Waals surface area contributed by atoms with Gasteiger partial charge in [0.05, 0.1) is 4.47 Å². The summed E-state index contributed by atoms with van der Waals surface area (Å²) >= 11 is 3.42. The highest BCUT2D eigenvalue weighted by molar-refractivity contribution is 9.10. The Bertz CT molecular complexity index is 354. The summed E-state index contributed by atoms with van der Waals surface area (Å²) in [5, 5.41) is 0. The highest BCUT2D eigenvalue weighted by Crippen LogP contribution is 2.43. The van der Waals surface area contributed by atoms with Crippen molar-refractivity contribution in [1.82, 2.24) is 0 Å². The molecule has 0 bridgehead atoms. The van der Waals surface area contributed by atoms with Gasteiger partial charge < -0.3 is 15.2 Å². The van der Waals surface area contributed by atoms with Crippen molar-refractivity contribution in [3.05, 3.63) is 22.2 Å². The molecule has 0 saturated heterocycles. The van der Waals surface area contributed by atoms with Crippen molar-refractivity contribution in [2.75, 3.05) is 13.3 Å². The Hall–Kier alpha value is -0.740. The van der Waals surface area contributed by atoms with Crippen molar-refractivity contribution in [2.24, 2.45) is 5.73 Å². The second-order valence-corrected chi connectivity index (χ2v) is 4.19. The van der Waals surface area contributed by atoms with Crippen molar-refractivity contribution in [3.8, 4) is 11.5 Å². The molecule has 1 aliphatic heterocycles. The maximum atomic E-state index is 5.63. The minimum Gasteiger partial charge on any atom is -0.453 e. The first-order valence-corrected chi connectivity index (χ1v) is 5.31. The number of halogens is 1. The molecule has 1 aromatic carbocycles. The molecule has 1 aromatic rings. The van der Waals surface area contributed by atoms with Gasteiger partial charge in [-0.1, -0.05) is 13.0 Å². The van der Waals surface area contributed by atoms with Crippen LogP contribution in [0.25, 0.3) is 0 Å². The highest BCUT2D eigenvalue weighted by Gasteiger charge is 2.22. The van der Waals surface area contributed by atoms with Crippen molar-refractivity contribution in [2.45, 2.75) is 12.8 Å². The largest absolute Gasteiger partial charge is 0.453 e. The van der Waals surface area contributed by atoms with Crippen LogP contribution in [0.1, 0.15) is 18.4 Å². The van der Waals surface area contributed by atoms with Gasteiger partial charge in [0.15, 0.2) is 11.5 Å². The molecule has 1 aliphatic rings. The third kappa shape index (κ3) is 1.48. The Morgan fingerprint density at radius 1 is 1.43 bits per heavy atom. The molecule has 4 heteroatoms. The second kappa shape index (κ2) is 3.79. The fraction of sp³-hybridized carbons (Fsp3) is 0.400. The summed E-state index contributed by atoms with van der Waals surface area (Å²) in [6.07, 6.45) is 0. The number of rotatable bonds is 2. The molecule has 0 fully saturated rings. The predicted molar refractivity (Wildman–Crippen MR) is 57.7 cm³/mol. The van der Waals surface area contributed by atoms with E-state index < -0.39 is 0 Å². The third-order valence-electron chi connectivity index (χ3n) is 2.39. The maximum Gasteiger partial charge on any atom is 0.231 e. The topological polar surface area (TPSA) is 44.5 Å². The van der Waals surface area contributed by atoms with Crippen LogP contribution in [0.3, 0.4) is 0 Å². The Balaban J connectivity index is 2.48. The van der Waals surface area contributed by atoms with Crippen molar-refractivity contribution in [1.29, 1.82) is 0 Å². The zero-order chi connectivity index (χ0) is 10.1. The minimum absolute atomic E-state index is 0.290. The van der Waals surface area contributed by atoms with Crippen LogP contribution in [-0.4, -0.2) is 13.3 Å². The van der Waals surface area contributed by atoms with Crippen LogP contribution in [0, 0.1) is 0 Å². The van der Waals surface area contributed by atoms with E-state index in [1.165, 1.54) is 0 Å². The lowest BCUT2D eigenvalue weighted by atomic mass is 10.00. The van der Waals surface area contributed by atoms with Crippen LogP contribution in [0.4, 0.5) is 0 Å². The van der Waals surface area contributed by atoms with Crippen LogP contribution < -0.4 is 15.2 Å². The van der Waals surface area contributed by atoms with Gasteiger partial charge in [-0.05, 0) is 34.5 Å². The Kier molecular flexibility index (Phi) is 2.65. The summed E-state index contributed by atoms with van der Waals surface area (Å²) in [4.78, 5) is 0. The van der Waals surface area contributed by atoms with Crippen LogP contribution in [0.5, 0.6) is 11.5 Å². The van der Waals surface area contributed by atoms with Gasteiger partial charge in [-0.2, -0.15) is 0 Å². The fourth-order valence-corrected chi connectivity index (χ4v) is 1.93. The standard InChI is InChI=1S/C10H12BrNO2/c1-6(4-12)7-2-3-8(11)10-9(7)13-5-14-10/h2-3,6H,4-5,12H2,1H3. The van der Waals surface area contributed by atoms with E-state index in [1.54, 1.807) is 0 Å². The summed E-state index contributed by atoms with van der Waals surface area (Å²) in [6.45, 7) is 2.98. The Morgan fingerprint density at radius 3 is 2.86 bits per heavy atom. The van der Waals surface area contributed by atoms with Crippen molar-refractivity contribution < 1.29 is 9.47 Å². The summed E-state index contributed by atoms with van der Waals surface area (Å²) in [7, 11) is 0. The molecular weight excluding hydrogens is 246 g/mol. The van der Waals surface area contributed by atoms with E-state index in [4.69, 9.17) is 15.2 Å². The molecule has 2 rings (SSSR count). The SMILES string of the molecule is CC(CN)c1ccc(Br)c2c1OCO2. The predicted octanol–water partition coefficient (Wildman–Crippen LogP) is 2.24. The molecule has 1 unspecified atom stereocenters. The Morgan fingerprint density at radius 2 is 2.14 bits per heavy atom. The van der Waals surface area contributed by atoms with Gasteiger partial charge in [-0.25, -0.2) is 0 Å². The van der Waals surface area contributed by atoms with Crippen LogP contribution in [0.15, 0.2) is 16.6 Å².